The van der Waals surface area contributed by atoms with Crippen molar-refractivity contribution in [1.29, 1.82) is 0 Å². The molecule has 212 valence electrons. The van der Waals surface area contributed by atoms with Gasteiger partial charge in [-0.25, -0.2) is 8.78 Å². The highest BCUT2D eigenvalue weighted by Gasteiger charge is 2.62. The van der Waals surface area contributed by atoms with E-state index in [0.29, 0.717) is 16.7 Å². The Morgan fingerprint density at radius 3 is 2.80 bits per heavy atom. The van der Waals surface area contributed by atoms with Crippen molar-refractivity contribution in [2.75, 3.05) is 19.7 Å². The highest BCUT2D eigenvalue weighted by atomic mass is 19.3. The Kier molecular flexibility index (Phi) is 5.29. The standard InChI is InChI=1S/C30H29F2N5O4/c1-35-14-20(12-33-35)19-4-2-3-18(11-19)13-36-10-9-29(30(31,32)16-36)17-41-26-22-15-37(24-7-8-25(38)34-27(24)39)28(40)21(22)5-6-23(26)29/h2-6,11-12,14,24H,7-10,13,15-17H2,1H3,(H,34,38,39)/t24-,29?/m0/s1/i13D2. The van der Waals surface area contributed by atoms with Crippen molar-refractivity contribution >= 4 is 17.7 Å². The van der Waals surface area contributed by atoms with Crippen molar-refractivity contribution in [1.82, 2.24) is 24.9 Å². The van der Waals surface area contributed by atoms with Crippen molar-refractivity contribution < 1.29 is 30.6 Å². The molecule has 3 aromatic rings. The lowest BCUT2D eigenvalue weighted by Gasteiger charge is -2.44. The number of imide groups is 1. The van der Waals surface area contributed by atoms with Crippen molar-refractivity contribution in [3.63, 3.8) is 0 Å². The summed E-state index contributed by atoms with van der Waals surface area (Å²) in [5.41, 5.74) is 1.18. The van der Waals surface area contributed by atoms with Crippen LogP contribution in [0.15, 0.2) is 48.8 Å². The minimum absolute atomic E-state index is 0.0211. The van der Waals surface area contributed by atoms with Crippen LogP contribution < -0.4 is 10.1 Å². The van der Waals surface area contributed by atoms with E-state index in [1.54, 1.807) is 42.3 Å². The maximum Gasteiger partial charge on any atom is 0.273 e. The quantitative estimate of drug-likeness (QED) is 0.491. The minimum Gasteiger partial charge on any atom is -0.492 e. The number of aromatic nitrogens is 2. The summed E-state index contributed by atoms with van der Waals surface area (Å²) in [6.45, 7) is -3.21. The number of nitrogens with zero attached hydrogens (tertiary/aromatic N) is 4. The SMILES string of the molecule is [2H]C([2H])(c1cccc(-c2cnn(C)c2)c1)N1CCC2(COc3c2ccc2c3CN([C@H]3CCC(=O)NC3=O)C2=O)C(F)(F)C1. The maximum absolute atomic E-state index is 16.3. The molecule has 9 nitrogen and oxygen atoms in total. The van der Waals surface area contributed by atoms with Gasteiger partial charge in [-0.1, -0.05) is 24.3 Å². The van der Waals surface area contributed by atoms with Gasteiger partial charge in [-0.2, -0.15) is 5.10 Å². The van der Waals surface area contributed by atoms with Gasteiger partial charge in [0.05, 0.1) is 24.7 Å². The lowest BCUT2D eigenvalue weighted by atomic mass is 9.71. The number of fused-ring (bicyclic) bond motifs is 4. The van der Waals surface area contributed by atoms with Crippen molar-refractivity contribution in [3.8, 4) is 16.9 Å². The molecule has 3 amide bonds. The number of rotatable bonds is 4. The number of hydrogen-bond acceptors (Lipinski definition) is 6. The first-order valence-corrected chi connectivity index (χ1v) is 13.6. The zero-order valence-corrected chi connectivity index (χ0v) is 22.3. The molecule has 0 bridgehead atoms. The van der Waals surface area contributed by atoms with Crippen LogP contribution in [0.5, 0.6) is 5.75 Å². The second kappa shape index (κ2) is 9.20. The molecule has 41 heavy (non-hydrogen) atoms. The summed E-state index contributed by atoms with van der Waals surface area (Å²) in [5.74, 6) is -4.47. The smallest absolute Gasteiger partial charge is 0.273 e. The highest BCUT2D eigenvalue weighted by Crippen LogP contribution is 2.55. The lowest BCUT2D eigenvalue weighted by molar-refractivity contribution is -0.137. The Morgan fingerprint density at radius 1 is 1.20 bits per heavy atom. The summed E-state index contributed by atoms with van der Waals surface area (Å²) in [5, 5.41) is 6.42. The molecule has 0 saturated carbocycles. The third-order valence-corrected chi connectivity index (χ3v) is 8.73. The molecule has 2 fully saturated rings. The monoisotopic (exact) mass is 563 g/mol. The fraction of sp³-hybridized carbons (Fsp3) is 0.400. The van der Waals surface area contributed by atoms with Crippen LogP contribution in [0.3, 0.4) is 0 Å². The van der Waals surface area contributed by atoms with Crippen molar-refractivity contribution in [3.05, 3.63) is 71.0 Å². The number of alkyl halides is 2. The molecule has 1 spiro atoms. The Morgan fingerprint density at radius 2 is 2.05 bits per heavy atom. The fourth-order valence-electron chi connectivity index (χ4n) is 6.53. The molecule has 5 heterocycles. The zero-order valence-electron chi connectivity index (χ0n) is 24.3. The molecule has 1 aromatic heterocycles. The molecule has 2 aromatic carbocycles. The molecule has 1 unspecified atom stereocenters. The number of amides is 3. The van der Waals surface area contributed by atoms with Crippen molar-refractivity contribution in [2.24, 2.45) is 7.05 Å². The molecule has 1 N–H and O–H groups in total. The normalized spacial score (nSPS) is 26.4. The molecule has 4 aliphatic rings. The zero-order chi connectivity index (χ0) is 30.3. The topological polar surface area (TPSA) is 96.8 Å². The third-order valence-electron chi connectivity index (χ3n) is 8.73. The second-order valence-corrected chi connectivity index (χ2v) is 11.2. The van der Waals surface area contributed by atoms with Crippen LogP contribution in [0.4, 0.5) is 8.78 Å². The molecule has 2 saturated heterocycles. The number of carbonyl (C=O) groups excluding carboxylic acids is 3. The predicted molar refractivity (Wildman–Crippen MR) is 143 cm³/mol. The average Bonchev–Trinajstić information content (AvgIpc) is 3.66. The second-order valence-electron chi connectivity index (χ2n) is 11.2. The van der Waals surface area contributed by atoms with E-state index in [1.165, 1.54) is 21.9 Å². The summed E-state index contributed by atoms with van der Waals surface area (Å²) >= 11 is 0. The maximum atomic E-state index is 16.3. The van der Waals surface area contributed by atoms with Crippen LogP contribution in [-0.4, -0.2) is 69.0 Å². The molecule has 7 rings (SSSR count). The van der Waals surface area contributed by atoms with Gasteiger partial charge in [0.2, 0.25) is 11.8 Å². The van der Waals surface area contributed by atoms with E-state index < -0.39 is 48.1 Å². The average molecular weight is 564 g/mol. The van der Waals surface area contributed by atoms with E-state index in [9.17, 15) is 14.4 Å². The number of ether oxygens (including phenoxy) is 1. The van der Waals surface area contributed by atoms with Gasteiger partial charge in [-0.05, 0) is 42.6 Å². The fourth-order valence-corrected chi connectivity index (χ4v) is 6.53. The van der Waals surface area contributed by atoms with E-state index in [0.717, 1.165) is 11.1 Å². The summed E-state index contributed by atoms with van der Waals surface area (Å²) in [7, 11) is 1.78. The van der Waals surface area contributed by atoms with E-state index in [2.05, 4.69) is 10.4 Å². The van der Waals surface area contributed by atoms with Gasteiger partial charge in [-0.3, -0.25) is 29.3 Å². The molecular formula is C30H29F2N5O4. The molecule has 0 radical (unpaired) electrons. The van der Waals surface area contributed by atoms with Crippen LogP contribution in [0.2, 0.25) is 0 Å². The van der Waals surface area contributed by atoms with Crippen LogP contribution >= 0.6 is 0 Å². The van der Waals surface area contributed by atoms with Crippen molar-refractivity contribution in [2.45, 2.75) is 49.7 Å². The van der Waals surface area contributed by atoms with Crippen LogP contribution in [-0.2, 0) is 35.1 Å². The summed E-state index contributed by atoms with van der Waals surface area (Å²) in [6.07, 6.45) is 3.72. The highest BCUT2D eigenvalue weighted by molar-refractivity contribution is 6.05. The molecule has 11 heteroatoms. The van der Waals surface area contributed by atoms with Crippen LogP contribution in [0.1, 0.15) is 49.1 Å². The van der Waals surface area contributed by atoms with Gasteiger partial charge in [0.15, 0.2) is 0 Å². The Labute approximate surface area is 237 Å². The number of nitrogens with one attached hydrogen (secondary N) is 1. The number of hydrogen-bond donors (Lipinski definition) is 1. The van der Waals surface area contributed by atoms with E-state index >= 15 is 8.78 Å². The lowest BCUT2D eigenvalue weighted by Crippen LogP contribution is -2.58. The summed E-state index contributed by atoms with van der Waals surface area (Å²) in [6, 6.07) is 9.01. The third kappa shape index (κ3) is 4.05. The number of halogens is 2. The minimum atomic E-state index is -3.36. The predicted octanol–water partition coefficient (Wildman–Crippen LogP) is 3.02. The molecule has 2 atom stereocenters. The van der Waals surface area contributed by atoms with Gasteiger partial charge in [-0.15, -0.1) is 0 Å². The Hall–Kier alpha value is -4.12. The van der Waals surface area contributed by atoms with Crippen LogP contribution in [0, 0.1) is 0 Å². The molecule has 4 aliphatic heterocycles. The largest absolute Gasteiger partial charge is 0.492 e. The van der Waals surface area contributed by atoms with Crippen LogP contribution in [0.25, 0.3) is 11.1 Å². The van der Waals surface area contributed by atoms with E-state index in [1.807, 2.05) is 6.07 Å². The first kappa shape index (κ1) is 23.6. The Balaban J connectivity index is 1.15. The number of benzene rings is 2. The number of piperidine rings is 2. The van der Waals surface area contributed by atoms with E-state index in [-0.39, 0.29) is 50.3 Å². The number of likely N-dealkylation sites (tertiary alicyclic amines) is 1. The first-order valence-electron chi connectivity index (χ1n) is 14.6. The van der Waals surface area contributed by atoms with Gasteiger partial charge < -0.3 is 9.64 Å². The number of aryl methyl sites for hydroxylation is 1. The summed E-state index contributed by atoms with van der Waals surface area (Å²) < 4.78 is 58.0. The summed E-state index contributed by atoms with van der Waals surface area (Å²) in [4.78, 5) is 39.8. The van der Waals surface area contributed by atoms with Gasteiger partial charge in [0.1, 0.15) is 18.4 Å². The first-order chi connectivity index (χ1) is 20.4. The molecule has 0 aliphatic carbocycles. The Bertz CT molecular complexity index is 1690. The van der Waals surface area contributed by atoms with E-state index in [4.69, 9.17) is 7.48 Å². The van der Waals surface area contributed by atoms with Gasteiger partial charge in [0, 0.05) is 51.2 Å². The van der Waals surface area contributed by atoms with Gasteiger partial charge >= 0.3 is 0 Å². The van der Waals surface area contributed by atoms with Gasteiger partial charge in [0.25, 0.3) is 11.8 Å². The number of carbonyl (C=O) groups is 3. The molecular weight excluding hydrogens is 532 g/mol.